The van der Waals surface area contributed by atoms with Gasteiger partial charge < -0.3 is 0 Å². The predicted molar refractivity (Wildman–Crippen MR) is 77.7 cm³/mol. The Balaban J connectivity index is 2.50. The van der Waals surface area contributed by atoms with Crippen molar-refractivity contribution in [3.8, 4) is 0 Å². The van der Waals surface area contributed by atoms with E-state index in [1.165, 1.54) is 6.07 Å². The Morgan fingerprint density at radius 2 is 1.78 bits per heavy atom. The highest BCUT2D eigenvalue weighted by atomic mass is 79.9. The van der Waals surface area contributed by atoms with Crippen LogP contribution in [0.5, 0.6) is 0 Å². The minimum absolute atomic E-state index is 0.279. The van der Waals surface area contributed by atoms with Crippen molar-refractivity contribution in [1.29, 1.82) is 0 Å². The lowest BCUT2D eigenvalue weighted by Gasteiger charge is -2.15. The molecule has 1 atom stereocenters. The molecule has 0 aliphatic heterocycles. The van der Waals surface area contributed by atoms with E-state index in [0.29, 0.717) is 5.56 Å². The maximum absolute atomic E-state index is 13.8. The second kappa shape index (κ2) is 5.41. The first kappa shape index (κ1) is 13.6. The van der Waals surface area contributed by atoms with E-state index in [9.17, 15) is 4.39 Å². The highest BCUT2D eigenvalue weighted by molar-refractivity contribution is 9.10. The van der Waals surface area contributed by atoms with E-state index in [2.05, 4.69) is 15.9 Å². The number of benzene rings is 2. The Morgan fingerprint density at radius 1 is 1.06 bits per heavy atom. The molecule has 0 N–H and O–H groups in total. The van der Waals surface area contributed by atoms with E-state index in [-0.39, 0.29) is 5.82 Å². The van der Waals surface area contributed by atoms with Crippen LogP contribution in [0, 0.1) is 19.7 Å². The minimum atomic E-state index is -0.470. The summed E-state index contributed by atoms with van der Waals surface area (Å²) >= 11 is 9.77. The van der Waals surface area contributed by atoms with E-state index < -0.39 is 5.38 Å². The van der Waals surface area contributed by atoms with Crippen LogP contribution in [0.3, 0.4) is 0 Å². The van der Waals surface area contributed by atoms with Gasteiger partial charge in [-0.15, -0.1) is 11.6 Å². The molecule has 3 heteroatoms. The van der Waals surface area contributed by atoms with Gasteiger partial charge in [-0.1, -0.05) is 39.7 Å². The molecule has 0 nitrogen and oxygen atoms in total. The lowest BCUT2D eigenvalue weighted by Crippen LogP contribution is -2.00. The Morgan fingerprint density at radius 3 is 2.50 bits per heavy atom. The molecule has 2 aromatic rings. The summed E-state index contributed by atoms with van der Waals surface area (Å²) in [4.78, 5) is 0. The molecule has 0 aliphatic rings. The summed E-state index contributed by atoms with van der Waals surface area (Å²) in [5.74, 6) is -0.279. The molecule has 94 valence electrons. The minimum Gasteiger partial charge on any atom is -0.207 e. The van der Waals surface area contributed by atoms with Gasteiger partial charge in [-0.2, -0.15) is 0 Å². The Bertz CT molecular complexity index is 529. The van der Waals surface area contributed by atoms with Crippen LogP contribution in [-0.4, -0.2) is 0 Å². The van der Waals surface area contributed by atoms with Crippen LogP contribution >= 0.6 is 27.5 Å². The van der Waals surface area contributed by atoms with E-state index in [1.54, 1.807) is 12.1 Å². The standard InChI is InChI=1S/C15H13BrClF/c1-9-3-4-10(2)12(7-9)15(17)13-8-11(16)5-6-14(13)18/h3-8,15H,1-2H3. The van der Waals surface area contributed by atoms with Crippen LogP contribution in [0.2, 0.25) is 0 Å². The zero-order valence-electron chi connectivity index (χ0n) is 10.2. The van der Waals surface area contributed by atoms with E-state index in [4.69, 9.17) is 11.6 Å². The van der Waals surface area contributed by atoms with Crippen LogP contribution in [-0.2, 0) is 0 Å². The molecule has 0 saturated carbocycles. The summed E-state index contributed by atoms with van der Waals surface area (Å²) in [7, 11) is 0. The molecule has 2 rings (SSSR count). The zero-order chi connectivity index (χ0) is 13.3. The van der Waals surface area contributed by atoms with Gasteiger partial charge in [0.25, 0.3) is 0 Å². The fourth-order valence-corrected chi connectivity index (χ4v) is 2.69. The van der Waals surface area contributed by atoms with Crippen molar-refractivity contribution >= 4 is 27.5 Å². The fraction of sp³-hybridized carbons (Fsp3) is 0.200. The number of hydrogen-bond donors (Lipinski definition) is 0. The Hall–Kier alpha value is -0.860. The average Bonchev–Trinajstić information content (AvgIpc) is 2.34. The Labute approximate surface area is 120 Å². The maximum Gasteiger partial charge on any atom is 0.128 e. The van der Waals surface area contributed by atoms with E-state index in [1.807, 2.05) is 32.0 Å². The van der Waals surface area contributed by atoms with Gasteiger partial charge in [-0.3, -0.25) is 0 Å². The molecule has 0 amide bonds. The first-order valence-electron chi connectivity index (χ1n) is 5.65. The molecule has 0 aliphatic carbocycles. The normalized spacial score (nSPS) is 12.5. The third kappa shape index (κ3) is 2.76. The molecule has 18 heavy (non-hydrogen) atoms. The molecule has 0 radical (unpaired) electrons. The monoisotopic (exact) mass is 326 g/mol. The SMILES string of the molecule is Cc1ccc(C)c(C(Cl)c2cc(Br)ccc2F)c1. The molecule has 0 heterocycles. The number of alkyl halides is 1. The van der Waals surface area contributed by atoms with Crippen LogP contribution in [0.15, 0.2) is 40.9 Å². The van der Waals surface area contributed by atoms with Crippen LogP contribution in [0.1, 0.15) is 27.6 Å². The maximum atomic E-state index is 13.8. The summed E-state index contributed by atoms with van der Waals surface area (Å²) < 4.78 is 14.7. The molecule has 0 spiro atoms. The molecule has 0 bridgehead atoms. The zero-order valence-corrected chi connectivity index (χ0v) is 12.5. The smallest absolute Gasteiger partial charge is 0.128 e. The number of halogens is 3. The van der Waals surface area contributed by atoms with Crippen LogP contribution in [0.25, 0.3) is 0 Å². The molecule has 2 aromatic carbocycles. The lowest BCUT2D eigenvalue weighted by molar-refractivity contribution is 0.612. The van der Waals surface area contributed by atoms with Crippen molar-refractivity contribution in [3.63, 3.8) is 0 Å². The van der Waals surface area contributed by atoms with Crippen molar-refractivity contribution < 1.29 is 4.39 Å². The second-order valence-corrected chi connectivity index (χ2v) is 5.74. The van der Waals surface area contributed by atoms with Gasteiger partial charge in [0.1, 0.15) is 5.82 Å². The first-order valence-corrected chi connectivity index (χ1v) is 6.88. The number of hydrogen-bond acceptors (Lipinski definition) is 0. The van der Waals surface area contributed by atoms with E-state index >= 15 is 0 Å². The summed E-state index contributed by atoms with van der Waals surface area (Å²) in [6.07, 6.45) is 0. The van der Waals surface area contributed by atoms with Gasteiger partial charge in [0.15, 0.2) is 0 Å². The van der Waals surface area contributed by atoms with Gasteiger partial charge >= 0.3 is 0 Å². The number of aryl methyl sites for hydroxylation is 2. The van der Waals surface area contributed by atoms with Crippen molar-refractivity contribution in [2.45, 2.75) is 19.2 Å². The Kier molecular flexibility index (Phi) is 4.08. The number of rotatable bonds is 2. The quantitative estimate of drug-likeness (QED) is 0.636. The largest absolute Gasteiger partial charge is 0.207 e. The topological polar surface area (TPSA) is 0 Å². The highest BCUT2D eigenvalue weighted by Crippen LogP contribution is 2.34. The average molecular weight is 328 g/mol. The molecular formula is C15H13BrClF. The third-order valence-electron chi connectivity index (χ3n) is 2.94. The molecule has 0 fully saturated rings. The van der Waals surface area contributed by atoms with Crippen molar-refractivity contribution in [2.24, 2.45) is 0 Å². The van der Waals surface area contributed by atoms with Crippen molar-refractivity contribution in [3.05, 3.63) is 68.9 Å². The molecule has 0 aromatic heterocycles. The van der Waals surface area contributed by atoms with Crippen molar-refractivity contribution in [2.75, 3.05) is 0 Å². The third-order valence-corrected chi connectivity index (χ3v) is 3.90. The molecule has 0 saturated heterocycles. The summed E-state index contributed by atoms with van der Waals surface area (Å²) in [5, 5.41) is -0.470. The first-order chi connectivity index (χ1) is 8.49. The van der Waals surface area contributed by atoms with E-state index in [0.717, 1.165) is 21.2 Å². The van der Waals surface area contributed by atoms with Gasteiger partial charge in [0, 0.05) is 10.0 Å². The second-order valence-electron chi connectivity index (χ2n) is 4.39. The summed E-state index contributed by atoms with van der Waals surface area (Å²) in [6, 6.07) is 10.9. The van der Waals surface area contributed by atoms with Gasteiger partial charge in [-0.05, 0) is 43.2 Å². The highest BCUT2D eigenvalue weighted by Gasteiger charge is 2.17. The predicted octanol–water partition coefficient (Wildman–Crippen LogP) is 5.53. The van der Waals surface area contributed by atoms with Gasteiger partial charge in [-0.25, -0.2) is 4.39 Å². The lowest BCUT2D eigenvalue weighted by atomic mass is 9.98. The van der Waals surface area contributed by atoms with Gasteiger partial charge in [0.05, 0.1) is 5.38 Å². The summed E-state index contributed by atoms with van der Waals surface area (Å²) in [6.45, 7) is 3.99. The van der Waals surface area contributed by atoms with Crippen LogP contribution < -0.4 is 0 Å². The van der Waals surface area contributed by atoms with Crippen LogP contribution in [0.4, 0.5) is 4.39 Å². The van der Waals surface area contributed by atoms with Crippen molar-refractivity contribution in [1.82, 2.24) is 0 Å². The molecular weight excluding hydrogens is 315 g/mol. The fourth-order valence-electron chi connectivity index (χ4n) is 1.91. The summed E-state index contributed by atoms with van der Waals surface area (Å²) in [5.41, 5.74) is 3.64. The van der Waals surface area contributed by atoms with Gasteiger partial charge in [0.2, 0.25) is 0 Å². The molecule has 1 unspecified atom stereocenters.